The quantitative estimate of drug-likeness (QED) is 0.439. The van der Waals surface area contributed by atoms with Crippen molar-refractivity contribution in [1.29, 1.82) is 0 Å². The second kappa shape index (κ2) is 10.6. The molecule has 2 heterocycles. The van der Waals surface area contributed by atoms with Gasteiger partial charge in [-0.2, -0.15) is 4.31 Å². The van der Waals surface area contributed by atoms with Gasteiger partial charge in [-0.25, -0.2) is 8.42 Å². The van der Waals surface area contributed by atoms with Crippen molar-refractivity contribution in [2.75, 3.05) is 33.4 Å². The molecular formula is C25H27ClN2O4S2. The molecule has 0 bridgehead atoms. The van der Waals surface area contributed by atoms with Gasteiger partial charge in [-0.1, -0.05) is 35.9 Å². The van der Waals surface area contributed by atoms with Gasteiger partial charge in [0, 0.05) is 30.1 Å². The van der Waals surface area contributed by atoms with Crippen molar-refractivity contribution in [1.82, 2.24) is 9.21 Å². The van der Waals surface area contributed by atoms with Crippen molar-refractivity contribution in [3.05, 3.63) is 86.6 Å². The average molecular weight is 519 g/mol. The molecule has 0 N–H and O–H groups in total. The van der Waals surface area contributed by atoms with Gasteiger partial charge in [-0.05, 0) is 65.7 Å². The maximum atomic E-state index is 13.7. The van der Waals surface area contributed by atoms with Crippen LogP contribution in [0.1, 0.15) is 27.6 Å². The zero-order valence-electron chi connectivity index (χ0n) is 19.1. The summed E-state index contributed by atoms with van der Waals surface area (Å²) >= 11 is 7.64. The number of methoxy groups -OCH3 is 1. The Hall–Kier alpha value is -2.23. The summed E-state index contributed by atoms with van der Waals surface area (Å²) in [5.41, 5.74) is 3.26. The number of thiophene rings is 1. The van der Waals surface area contributed by atoms with Crippen molar-refractivity contribution in [2.45, 2.75) is 24.3 Å². The lowest BCUT2D eigenvalue weighted by Crippen LogP contribution is -2.47. The monoisotopic (exact) mass is 518 g/mol. The number of benzene rings is 2. The molecule has 1 atom stereocenters. The molecule has 0 spiro atoms. The highest BCUT2D eigenvalue weighted by Gasteiger charge is 2.36. The van der Waals surface area contributed by atoms with Crippen LogP contribution in [-0.4, -0.2) is 56.9 Å². The topological polar surface area (TPSA) is 66.9 Å². The Labute approximate surface area is 209 Å². The summed E-state index contributed by atoms with van der Waals surface area (Å²) in [5.74, 6) is -0.237. The van der Waals surface area contributed by atoms with E-state index >= 15 is 0 Å². The van der Waals surface area contributed by atoms with E-state index in [1.807, 2.05) is 36.1 Å². The van der Waals surface area contributed by atoms with E-state index in [1.165, 1.54) is 40.6 Å². The minimum absolute atomic E-state index is 0.0692. The van der Waals surface area contributed by atoms with E-state index < -0.39 is 10.0 Å². The zero-order chi connectivity index (χ0) is 24.3. The average Bonchev–Trinajstić information content (AvgIpc) is 3.30. The van der Waals surface area contributed by atoms with Crippen LogP contribution in [0.2, 0.25) is 5.02 Å². The SMILES string of the molecule is COCCN(CC(=O)N1CCc2sccc2C1c1ccccc1C)S(=O)(=O)c1ccc(Cl)cc1. The van der Waals surface area contributed by atoms with Crippen LogP contribution in [0.25, 0.3) is 0 Å². The lowest BCUT2D eigenvalue weighted by Gasteiger charge is -2.38. The summed E-state index contributed by atoms with van der Waals surface area (Å²) in [6, 6.07) is 15.8. The molecule has 180 valence electrons. The molecule has 1 aliphatic rings. The summed E-state index contributed by atoms with van der Waals surface area (Å²) in [6.45, 7) is 2.55. The van der Waals surface area contributed by atoms with Crippen LogP contribution in [0.3, 0.4) is 0 Å². The van der Waals surface area contributed by atoms with E-state index in [2.05, 4.69) is 11.4 Å². The van der Waals surface area contributed by atoms with Gasteiger partial charge < -0.3 is 9.64 Å². The number of hydrogen-bond donors (Lipinski definition) is 0. The molecule has 3 aromatic rings. The number of carbonyl (C=O) groups excluding carboxylic acids is 1. The van der Waals surface area contributed by atoms with Crippen molar-refractivity contribution in [3.8, 4) is 0 Å². The zero-order valence-corrected chi connectivity index (χ0v) is 21.5. The maximum absolute atomic E-state index is 13.7. The lowest BCUT2D eigenvalue weighted by atomic mass is 9.90. The molecule has 1 unspecified atom stereocenters. The molecule has 0 aliphatic carbocycles. The van der Waals surface area contributed by atoms with Gasteiger partial charge in [0.25, 0.3) is 0 Å². The number of ether oxygens (including phenoxy) is 1. The third-order valence-electron chi connectivity index (χ3n) is 6.08. The van der Waals surface area contributed by atoms with Crippen molar-refractivity contribution in [2.24, 2.45) is 0 Å². The largest absolute Gasteiger partial charge is 0.383 e. The van der Waals surface area contributed by atoms with Crippen LogP contribution >= 0.6 is 22.9 Å². The second-order valence-electron chi connectivity index (χ2n) is 8.18. The summed E-state index contributed by atoms with van der Waals surface area (Å²) in [4.78, 5) is 16.9. The van der Waals surface area contributed by atoms with Crippen LogP contribution in [0, 0.1) is 6.92 Å². The van der Waals surface area contributed by atoms with Crippen molar-refractivity contribution < 1.29 is 17.9 Å². The Kier molecular flexibility index (Phi) is 7.74. The minimum atomic E-state index is -3.91. The highest BCUT2D eigenvalue weighted by molar-refractivity contribution is 7.89. The molecule has 1 aliphatic heterocycles. The highest BCUT2D eigenvalue weighted by atomic mass is 35.5. The van der Waals surface area contributed by atoms with Gasteiger partial charge in [0.05, 0.1) is 24.1 Å². The van der Waals surface area contributed by atoms with E-state index in [0.29, 0.717) is 11.6 Å². The maximum Gasteiger partial charge on any atom is 0.243 e. The number of rotatable bonds is 8. The first-order valence-corrected chi connectivity index (χ1v) is 13.7. The first-order valence-electron chi connectivity index (χ1n) is 11.0. The van der Waals surface area contributed by atoms with Crippen LogP contribution in [0.5, 0.6) is 0 Å². The molecular weight excluding hydrogens is 492 g/mol. The van der Waals surface area contributed by atoms with Crippen LogP contribution in [-0.2, 0) is 26.0 Å². The van der Waals surface area contributed by atoms with Gasteiger partial charge in [-0.3, -0.25) is 4.79 Å². The molecule has 0 radical (unpaired) electrons. The van der Waals surface area contributed by atoms with Gasteiger partial charge in [0.2, 0.25) is 15.9 Å². The first-order chi connectivity index (χ1) is 16.3. The molecule has 34 heavy (non-hydrogen) atoms. The number of hydrogen-bond acceptors (Lipinski definition) is 5. The molecule has 9 heteroatoms. The molecule has 1 aromatic heterocycles. The van der Waals surface area contributed by atoms with E-state index in [-0.39, 0.29) is 36.5 Å². The van der Waals surface area contributed by atoms with E-state index in [4.69, 9.17) is 16.3 Å². The van der Waals surface area contributed by atoms with E-state index in [1.54, 1.807) is 11.3 Å². The summed E-state index contributed by atoms with van der Waals surface area (Å²) < 4.78 is 33.1. The predicted molar refractivity (Wildman–Crippen MR) is 135 cm³/mol. The van der Waals surface area contributed by atoms with E-state index in [0.717, 1.165) is 23.1 Å². The van der Waals surface area contributed by atoms with E-state index in [9.17, 15) is 13.2 Å². The Morgan fingerprint density at radius 2 is 1.88 bits per heavy atom. The fourth-order valence-electron chi connectivity index (χ4n) is 4.29. The van der Waals surface area contributed by atoms with Crippen LogP contribution in [0.15, 0.2) is 64.9 Å². The molecule has 1 amide bonds. The van der Waals surface area contributed by atoms with Crippen molar-refractivity contribution in [3.63, 3.8) is 0 Å². The highest BCUT2D eigenvalue weighted by Crippen LogP contribution is 2.39. The summed E-state index contributed by atoms with van der Waals surface area (Å²) in [6.07, 6.45) is 0.753. The normalized spacial score (nSPS) is 16.0. The van der Waals surface area contributed by atoms with Crippen LogP contribution in [0.4, 0.5) is 0 Å². The Morgan fingerprint density at radius 1 is 1.15 bits per heavy atom. The third kappa shape index (κ3) is 5.06. The van der Waals surface area contributed by atoms with Gasteiger partial charge in [0.1, 0.15) is 0 Å². The second-order valence-corrected chi connectivity index (χ2v) is 11.6. The Morgan fingerprint density at radius 3 is 2.59 bits per heavy atom. The van der Waals surface area contributed by atoms with Gasteiger partial charge in [-0.15, -0.1) is 11.3 Å². The smallest absolute Gasteiger partial charge is 0.243 e. The number of halogens is 1. The van der Waals surface area contributed by atoms with Crippen molar-refractivity contribution >= 4 is 38.9 Å². The molecule has 0 saturated carbocycles. The fourth-order valence-corrected chi connectivity index (χ4v) is 6.69. The minimum Gasteiger partial charge on any atom is -0.383 e. The molecule has 6 nitrogen and oxygen atoms in total. The number of nitrogens with zero attached hydrogens (tertiary/aromatic N) is 2. The van der Waals surface area contributed by atoms with Crippen LogP contribution < -0.4 is 0 Å². The Balaban J connectivity index is 1.66. The molecule has 2 aromatic carbocycles. The number of aryl methyl sites for hydroxylation is 1. The number of amides is 1. The summed E-state index contributed by atoms with van der Waals surface area (Å²) in [7, 11) is -2.41. The number of fused-ring (bicyclic) bond motifs is 1. The molecule has 0 saturated heterocycles. The molecule has 4 rings (SSSR count). The Bertz CT molecular complexity index is 1260. The standard InChI is InChI=1S/C25H27ClN2O4S2/c1-18-5-3-4-6-21(18)25-22-12-16-33-23(22)11-13-28(25)24(29)17-27(14-15-32-2)34(30,31)20-9-7-19(26)8-10-20/h3-10,12,16,25H,11,13-15,17H2,1-2H3. The lowest BCUT2D eigenvalue weighted by molar-refractivity contribution is -0.133. The molecule has 0 fully saturated rings. The number of carbonyl (C=O) groups is 1. The van der Waals surface area contributed by atoms with Gasteiger partial charge in [0.15, 0.2) is 0 Å². The summed E-state index contributed by atoms with van der Waals surface area (Å²) in [5, 5.41) is 2.50. The van der Waals surface area contributed by atoms with Gasteiger partial charge >= 0.3 is 0 Å². The third-order valence-corrected chi connectivity index (χ3v) is 9.19. The number of sulfonamides is 1. The predicted octanol–water partition coefficient (Wildman–Crippen LogP) is 4.52. The first kappa shape index (κ1) is 24.9. The fraction of sp³-hybridized carbons (Fsp3) is 0.320.